The Morgan fingerprint density at radius 1 is 1.20 bits per heavy atom. The molecule has 0 saturated heterocycles. The maximum absolute atomic E-state index is 12.2. The molecule has 4 unspecified atom stereocenters. The van der Waals surface area contributed by atoms with E-state index in [0.717, 1.165) is 29.6 Å². The van der Waals surface area contributed by atoms with Crippen molar-refractivity contribution < 1.29 is 14.3 Å². The van der Waals surface area contributed by atoms with Crippen molar-refractivity contribution in [3.63, 3.8) is 0 Å². The number of fused-ring (bicyclic) bond motifs is 2. The van der Waals surface area contributed by atoms with Crippen molar-refractivity contribution in [2.75, 3.05) is 20.8 Å². The minimum Gasteiger partial charge on any atom is -0.493 e. The van der Waals surface area contributed by atoms with Gasteiger partial charge in [0.25, 0.3) is 0 Å². The molecule has 1 aromatic rings. The zero-order valence-corrected chi connectivity index (χ0v) is 15.5. The first-order chi connectivity index (χ1) is 12.1. The second kappa shape index (κ2) is 7.98. The predicted molar refractivity (Wildman–Crippen MR) is 98.2 cm³/mol. The highest BCUT2D eigenvalue weighted by atomic mass is 16.5. The highest BCUT2D eigenvalue weighted by Gasteiger charge is 2.42. The molecule has 2 saturated carbocycles. The van der Waals surface area contributed by atoms with Crippen LogP contribution in [0.5, 0.6) is 11.5 Å². The Labute approximate surface area is 150 Å². The topological polar surface area (TPSA) is 59.6 Å². The summed E-state index contributed by atoms with van der Waals surface area (Å²) in [5, 5.41) is 6.11. The molecular weight excluding hydrogens is 316 g/mol. The van der Waals surface area contributed by atoms with E-state index in [-0.39, 0.29) is 12.1 Å². The summed E-state index contributed by atoms with van der Waals surface area (Å²) >= 11 is 0. The van der Waals surface area contributed by atoms with Crippen molar-refractivity contribution in [3.8, 4) is 11.5 Å². The average molecular weight is 346 g/mol. The quantitative estimate of drug-likeness (QED) is 0.796. The summed E-state index contributed by atoms with van der Waals surface area (Å²) < 4.78 is 10.6. The molecule has 2 amide bonds. The SMILES string of the molecule is COc1ccc(CCNC(=O)NC(C)C2CC3CCC2C3)cc1OC. The van der Waals surface area contributed by atoms with Gasteiger partial charge in [-0.05, 0) is 68.1 Å². The molecule has 0 radical (unpaired) electrons. The molecular formula is C20H30N2O3. The van der Waals surface area contributed by atoms with Crippen LogP contribution in [0.25, 0.3) is 0 Å². The van der Waals surface area contributed by atoms with E-state index in [0.29, 0.717) is 18.2 Å². The van der Waals surface area contributed by atoms with E-state index >= 15 is 0 Å². The first-order valence-corrected chi connectivity index (χ1v) is 9.36. The predicted octanol–water partition coefficient (Wildman–Crippen LogP) is 3.37. The normalized spacial score (nSPS) is 25.5. The molecule has 0 aliphatic heterocycles. The second-order valence-corrected chi connectivity index (χ2v) is 7.47. The van der Waals surface area contributed by atoms with Gasteiger partial charge < -0.3 is 20.1 Å². The molecule has 0 aromatic heterocycles. The summed E-state index contributed by atoms with van der Waals surface area (Å²) in [5.41, 5.74) is 1.11. The number of hydrogen-bond acceptors (Lipinski definition) is 3. The minimum absolute atomic E-state index is 0.0595. The van der Waals surface area contributed by atoms with Gasteiger partial charge >= 0.3 is 6.03 Å². The van der Waals surface area contributed by atoms with E-state index in [1.807, 2.05) is 18.2 Å². The summed E-state index contributed by atoms with van der Waals surface area (Å²) in [5.74, 6) is 3.83. The molecule has 4 atom stereocenters. The summed E-state index contributed by atoms with van der Waals surface area (Å²) in [4.78, 5) is 12.2. The number of methoxy groups -OCH3 is 2. The van der Waals surface area contributed by atoms with Gasteiger partial charge in [-0.15, -0.1) is 0 Å². The fourth-order valence-corrected chi connectivity index (χ4v) is 4.63. The number of benzene rings is 1. The molecule has 0 heterocycles. The first kappa shape index (κ1) is 17.9. The molecule has 2 bridgehead atoms. The third-order valence-electron chi connectivity index (χ3n) is 5.94. The van der Waals surface area contributed by atoms with Crippen LogP contribution >= 0.6 is 0 Å². The fraction of sp³-hybridized carbons (Fsp3) is 0.650. The molecule has 138 valence electrons. The van der Waals surface area contributed by atoms with Gasteiger partial charge in [0.15, 0.2) is 11.5 Å². The number of rotatable bonds is 7. The lowest BCUT2D eigenvalue weighted by molar-refractivity contribution is 0.220. The van der Waals surface area contributed by atoms with Crippen LogP contribution in [-0.4, -0.2) is 32.8 Å². The molecule has 1 aromatic carbocycles. The monoisotopic (exact) mass is 346 g/mol. The van der Waals surface area contributed by atoms with Gasteiger partial charge in [0.05, 0.1) is 14.2 Å². The second-order valence-electron chi connectivity index (χ2n) is 7.47. The van der Waals surface area contributed by atoms with Gasteiger partial charge in [0, 0.05) is 12.6 Å². The van der Waals surface area contributed by atoms with Gasteiger partial charge in [0.2, 0.25) is 0 Å². The van der Waals surface area contributed by atoms with Gasteiger partial charge in [-0.3, -0.25) is 0 Å². The molecule has 3 rings (SSSR count). The molecule has 2 N–H and O–H groups in total. The molecule has 2 fully saturated rings. The fourth-order valence-electron chi connectivity index (χ4n) is 4.63. The van der Waals surface area contributed by atoms with E-state index in [2.05, 4.69) is 17.6 Å². The lowest BCUT2D eigenvalue weighted by Gasteiger charge is -2.28. The maximum Gasteiger partial charge on any atom is 0.315 e. The maximum atomic E-state index is 12.2. The number of nitrogens with one attached hydrogen (secondary N) is 2. The van der Waals surface area contributed by atoms with E-state index < -0.39 is 0 Å². The number of carbonyl (C=O) groups excluding carboxylic acids is 1. The van der Waals surface area contributed by atoms with E-state index in [1.54, 1.807) is 14.2 Å². The van der Waals surface area contributed by atoms with Gasteiger partial charge in [0.1, 0.15) is 0 Å². The third kappa shape index (κ3) is 4.20. The summed E-state index contributed by atoms with van der Waals surface area (Å²) in [6.07, 6.45) is 6.17. The molecule has 2 aliphatic carbocycles. The minimum atomic E-state index is -0.0595. The Balaban J connectivity index is 1.42. The van der Waals surface area contributed by atoms with Crippen molar-refractivity contribution in [1.82, 2.24) is 10.6 Å². The van der Waals surface area contributed by atoms with Crippen molar-refractivity contribution in [3.05, 3.63) is 23.8 Å². The summed E-state index contributed by atoms with van der Waals surface area (Å²) in [6.45, 7) is 2.75. The highest BCUT2D eigenvalue weighted by Crippen LogP contribution is 2.49. The molecule has 0 spiro atoms. The Bertz CT molecular complexity index is 605. The first-order valence-electron chi connectivity index (χ1n) is 9.36. The average Bonchev–Trinajstić information content (AvgIpc) is 3.24. The van der Waals surface area contributed by atoms with Crippen LogP contribution in [0.4, 0.5) is 4.79 Å². The van der Waals surface area contributed by atoms with Gasteiger partial charge in [-0.2, -0.15) is 0 Å². The van der Waals surface area contributed by atoms with Crippen LogP contribution in [-0.2, 0) is 6.42 Å². The Kier molecular flexibility index (Phi) is 5.71. The summed E-state index contributed by atoms with van der Waals surface area (Å²) in [7, 11) is 3.26. The molecule has 5 heteroatoms. The number of urea groups is 1. The van der Waals surface area contributed by atoms with Gasteiger partial charge in [-0.25, -0.2) is 4.79 Å². The van der Waals surface area contributed by atoms with Crippen LogP contribution in [0.3, 0.4) is 0 Å². The smallest absolute Gasteiger partial charge is 0.315 e. The van der Waals surface area contributed by atoms with E-state index in [9.17, 15) is 4.79 Å². The highest BCUT2D eigenvalue weighted by molar-refractivity contribution is 5.74. The number of amides is 2. The van der Waals surface area contributed by atoms with E-state index in [1.165, 1.54) is 25.7 Å². The van der Waals surface area contributed by atoms with Crippen LogP contribution in [0.2, 0.25) is 0 Å². The molecule has 25 heavy (non-hydrogen) atoms. The van der Waals surface area contributed by atoms with Crippen LogP contribution in [0, 0.1) is 17.8 Å². The van der Waals surface area contributed by atoms with Crippen molar-refractivity contribution in [1.29, 1.82) is 0 Å². The van der Waals surface area contributed by atoms with Crippen molar-refractivity contribution in [2.45, 2.75) is 45.1 Å². The zero-order valence-electron chi connectivity index (χ0n) is 15.5. The largest absolute Gasteiger partial charge is 0.493 e. The summed E-state index contributed by atoms with van der Waals surface area (Å²) in [6, 6.07) is 6.05. The third-order valence-corrected chi connectivity index (χ3v) is 5.94. The van der Waals surface area contributed by atoms with Crippen LogP contribution < -0.4 is 20.1 Å². The standard InChI is InChI=1S/C20H30N2O3/c1-13(17-11-15-4-6-16(17)10-15)22-20(23)21-9-8-14-5-7-18(24-2)19(12-14)25-3/h5,7,12-13,15-17H,4,6,8-11H2,1-3H3,(H2,21,22,23). The zero-order chi connectivity index (χ0) is 17.8. The number of ether oxygens (including phenoxy) is 2. The molecule has 5 nitrogen and oxygen atoms in total. The lowest BCUT2D eigenvalue weighted by atomic mass is 9.84. The Morgan fingerprint density at radius 2 is 2.00 bits per heavy atom. The van der Waals surface area contributed by atoms with Crippen LogP contribution in [0.1, 0.15) is 38.2 Å². The Hall–Kier alpha value is -1.91. The number of carbonyl (C=O) groups is 1. The van der Waals surface area contributed by atoms with Crippen molar-refractivity contribution in [2.24, 2.45) is 17.8 Å². The van der Waals surface area contributed by atoms with Gasteiger partial charge in [-0.1, -0.05) is 12.5 Å². The number of hydrogen-bond donors (Lipinski definition) is 2. The lowest BCUT2D eigenvalue weighted by Crippen LogP contribution is -2.45. The Morgan fingerprint density at radius 3 is 2.64 bits per heavy atom. The van der Waals surface area contributed by atoms with Crippen LogP contribution in [0.15, 0.2) is 18.2 Å². The van der Waals surface area contributed by atoms with Crippen molar-refractivity contribution >= 4 is 6.03 Å². The van der Waals surface area contributed by atoms with E-state index in [4.69, 9.17) is 9.47 Å². The molecule has 2 aliphatic rings.